The highest BCUT2D eigenvalue weighted by Gasteiger charge is 2.21. The van der Waals surface area contributed by atoms with E-state index in [1.165, 1.54) is 6.33 Å². The van der Waals surface area contributed by atoms with Gasteiger partial charge in [-0.1, -0.05) is 60.7 Å². The molecular formula is C20H17N3O. The van der Waals surface area contributed by atoms with E-state index in [0.717, 1.165) is 40.2 Å². The van der Waals surface area contributed by atoms with Gasteiger partial charge in [0.25, 0.3) is 0 Å². The summed E-state index contributed by atoms with van der Waals surface area (Å²) in [7, 11) is 0. The predicted molar refractivity (Wildman–Crippen MR) is 96.8 cm³/mol. The van der Waals surface area contributed by atoms with Crippen molar-refractivity contribution in [2.75, 3.05) is 11.9 Å². The summed E-state index contributed by atoms with van der Waals surface area (Å²) in [6, 6.07) is 20.3. The third-order valence-electron chi connectivity index (χ3n) is 3.93. The maximum atomic E-state index is 6.14. The molecule has 0 aliphatic carbocycles. The van der Waals surface area contributed by atoms with Gasteiger partial charge in [0, 0.05) is 17.7 Å². The molecule has 0 radical (unpaired) electrons. The number of anilines is 1. The van der Waals surface area contributed by atoms with Crippen LogP contribution in [0.25, 0.3) is 33.6 Å². The van der Waals surface area contributed by atoms with Crippen molar-refractivity contribution in [1.82, 2.24) is 9.97 Å². The van der Waals surface area contributed by atoms with Crippen LogP contribution in [0.5, 0.6) is 0 Å². The number of nitrogens with zero attached hydrogens (tertiary/aromatic N) is 2. The highest BCUT2D eigenvalue weighted by molar-refractivity contribution is 6.05. The van der Waals surface area contributed by atoms with Crippen molar-refractivity contribution >= 4 is 16.9 Å². The molecule has 2 heterocycles. The van der Waals surface area contributed by atoms with Crippen molar-refractivity contribution in [3.05, 3.63) is 67.0 Å². The Labute approximate surface area is 140 Å². The molecule has 118 valence electrons. The van der Waals surface area contributed by atoms with Crippen molar-refractivity contribution in [1.29, 1.82) is 0 Å². The van der Waals surface area contributed by atoms with Crippen LogP contribution in [0.15, 0.2) is 71.4 Å². The molecule has 2 aromatic carbocycles. The van der Waals surface area contributed by atoms with Crippen molar-refractivity contribution < 1.29 is 4.42 Å². The zero-order valence-corrected chi connectivity index (χ0v) is 13.4. The van der Waals surface area contributed by atoms with E-state index in [2.05, 4.69) is 27.4 Å². The summed E-state index contributed by atoms with van der Waals surface area (Å²) < 4.78 is 6.14. The Bertz CT molecular complexity index is 962. The zero-order chi connectivity index (χ0) is 16.4. The maximum absolute atomic E-state index is 6.14. The van der Waals surface area contributed by atoms with Crippen LogP contribution in [0.1, 0.15) is 6.92 Å². The monoisotopic (exact) mass is 315 g/mol. The van der Waals surface area contributed by atoms with E-state index in [1.54, 1.807) is 0 Å². The molecule has 4 aromatic rings. The SMILES string of the molecule is CCNc1ncnc2oc(-c3ccccc3)c(-c3ccccc3)c12. The summed E-state index contributed by atoms with van der Waals surface area (Å²) in [6.07, 6.45) is 1.54. The first-order valence-electron chi connectivity index (χ1n) is 8.00. The number of hydrogen-bond acceptors (Lipinski definition) is 4. The molecule has 0 aliphatic rings. The standard InChI is InChI=1S/C20H17N3O/c1-2-21-19-17-16(14-9-5-3-6-10-14)18(15-11-7-4-8-12-15)24-20(17)23-13-22-19/h3-13H,2H2,1H3,(H,21,22,23). The molecule has 2 aromatic heterocycles. The van der Waals surface area contributed by atoms with Crippen LogP contribution in [-0.4, -0.2) is 16.5 Å². The van der Waals surface area contributed by atoms with Gasteiger partial charge in [0.2, 0.25) is 5.71 Å². The lowest BCUT2D eigenvalue weighted by atomic mass is 9.99. The minimum atomic E-state index is 0.596. The summed E-state index contributed by atoms with van der Waals surface area (Å²) in [5, 5.41) is 4.24. The molecule has 0 amide bonds. The van der Waals surface area contributed by atoms with Crippen LogP contribution in [-0.2, 0) is 0 Å². The number of aromatic nitrogens is 2. The first-order chi connectivity index (χ1) is 11.9. The number of furan rings is 1. The van der Waals surface area contributed by atoms with Gasteiger partial charge in [-0.05, 0) is 12.5 Å². The molecule has 4 nitrogen and oxygen atoms in total. The average Bonchev–Trinajstić information content (AvgIpc) is 3.04. The predicted octanol–water partition coefficient (Wildman–Crippen LogP) is 4.99. The lowest BCUT2D eigenvalue weighted by Gasteiger charge is -2.06. The van der Waals surface area contributed by atoms with Crippen molar-refractivity contribution in [2.24, 2.45) is 0 Å². The zero-order valence-electron chi connectivity index (χ0n) is 13.4. The molecular weight excluding hydrogens is 298 g/mol. The van der Waals surface area contributed by atoms with Gasteiger partial charge in [0.15, 0.2) is 0 Å². The lowest BCUT2D eigenvalue weighted by Crippen LogP contribution is -2.00. The second kappa shape index (κ2) is 6.16. The Morgan fingerprint density at radius 1 is 0.875 bits per heavy atom. The van der Waals surface area contributed by atoms with Crippen molar-refractivity contribution in [2.45, 2.75) is 6.92 Å². The van der Waals surface area contributed by atoms with Crippen LogP contribution in [0.3, 0.4) is 0 Å². The first kappa shape index (κ1) is 14.5. The van der Waals surface area contributed by atoms with E-state index >= 15 is 0 Å². The van der Waals surface area contributed by atoms with Crippen molar-refractivity contribution in [3.8, 4) is 22.5 Å². The molecule has 1 N–H and O–H groups in total. The molecule has 0 saturated heterocycles. The van der Waals surface area contributed by atoms with Gasteiger partial charge < -0.3 is 9.73 Å². The smallest absolute Gasteiger partial charge is 0.232 e. The Balaban J connectivity index is 2.08. The van der Waals surface area contributed by atoms with Crippen LogP contribution in [0, 0.1) is 0 Å². The fraction of sp³-hybridized carbons (Fsp3) is 0.100. The van der Waals surface area contributed by atoms with Crippen LogP contribution in [0.2, 0.25) is 0 Å². The summed E-state index contributed by atoms with van der Waals surface area (Å²) in [5.41, 5.74) is 3.73. The van der Waals surface area contributed by atoms with Crippen LogP contribution < -0.4 is 5.32 Å². The van der Waals surface area contributed by atoms with E-state index in [9.17, 15) is 0 Å². The molecule has 0 atom stereocenters. The number of benzene rings is 2. The van der Waals surface area contributed by atoms with Gasteiger partial charge in [0.1, 0.15) is 17.9 Å². The summed E-state index contributed by atoms with van der Waals surface area (Å²) in [5.74, 6) is 1.61. The van der Waals surface area contributed by atoms with Crippen molar-refractivity contribution in [3.63, 3.8) is 0 Å². The molecule has 4 heteroatoms. The highest BCUT2D eigenvalue weighted by Crippen LogP contribution is 2.42. The minimum Gasteiger partial charge on any atom is -0.437 e. The van der Waals surface area contributed by atoms with Gasteiger partial charge >= 0.3 is 0 Å². The summed E-state index contributed by atoms with van der Waals surface area (Å²) in [4.78, 5) is 8.75. The highest BCUT2D eigenvalue weighted by atomic mass is 16.3. The second-order valence-corrected chi connectivity index (χ2v) is 5.47. The molecule has 0 unspecified atom stereocenters. The largest absolute Gasteiger partial charge is 0.437 e. The fourth-order valence-electron chi connectivity index (χ4n) is 2.91. The summed E-state index contributed by atoms with van der Waals surface area (Å²) in [6.45, 7) is 2.83. The minimum absolute atomic E-state index is 0.596. The van der Waals surface area contributed by atoms with Crippen LogP contribution >= 0.6 is 0 Å². The molecule has 0 saturated carbocycles. The maximum Gasteiger partial charge on any atom is 0.232 e. The molecule has 0 aliphatic heterocycles. The average molecular weight is 315 g/mol. The number of hydrogen-bond donors (Lipinski definition) is 1. The molecule has 0 bridgehead atoms. The number of nitrogens with one attached hydrogen (secondary N) is 1. The fourth-order valence-corrected chi connectivity index (χ4v) is 2.91. The van der Waals surface area contributed by atoms with E-state index in [4.69, 9.17) is 4.42 Å². The third kappa shape index (κ3) is 2.42. The topological polar surface area (TPSA) is 51.0 Å². The van der Waals surface area contributed by atoms with E-state index in [-0.39, 0.29) is 0 Å². The number of rotatable bonds is 4. The number of fused-ring (bicyclic) bond motifs is 1. The molecule has 0 fully saturated rings. The van der Waals surface area contributed by atoms with Crippen LogP contribution in [0.4, 0.5) is 5.82 Å². The molecule has 0 spiro atoms. The molecule has 24 heavy (non-hydrogen) atoms. The molecule has 4 rings (SSSR count). The Morgan fingerprint density at radius 2 is 1.54 bits per heavy atom. The Morgan fingerprint density at radius 3 is 2.21 bits per heavy atom. The van der Waals surface area contributed by atoms with Gasteiger partial charge in [0.05, 0.1) is 5.39 Å². The third-order valence-corrected chi connectivity index (χ3v) is 3.93. The quantitative estimate of drug-likeness (QED) is 0.576. The second-order valence-electron chi connectivity index (χ2n) is 5.47. The van der Waals surface area contributed by atoms with Gasteiger partial charge in [-0.25, -0.2) is 9.97 Å². The van der Waals surface area contributed by atoms with Gasteiger partial charge in [-0.3, -0.25) is 0 Å². The van der Waals surface area contributed by atoms with E-state index in [1.807, 2.05) is 55.5 Å². The first-order valence-corrected chi connectivity index (χ1v) is 8.00. The Kier molecular flexibility index (Phi) is 3.71. The van der Waals surface area contributed by atoms with E-state index in [0.29, 0.717) is 5.71 Å². The normalized spacial score (nSPS) is 10.9. The van der Waals surface area contributed by atoms with E-state index < -0.39 is 0 Å². The Hall–Kier alpha value is -3.14. The van der Waals surface area contributed by atoms with Gasteiger partial charge in [-0.2, -0.15) is 0 Å². The summed E-state index contributed by atoms with van der Waals surface area (Å²) >= 11 is 0. The van der Waals surface area contributed by atoms with Gasteiger partial charge in [-0.15, -0.1) is 0 Å². The lowest BCUT2D eigenvalue weighted by molar-refractivity contribution is 0.618.